The van der Waals surface area contributed by atoms with Gasteiger partial charge in [-0.15, -0.1) is 0 Å². The van der Waals surface area contributed by atoms with Crippen molar-refractivity contribution in [2.45, 2.75) is 6.92 Å². The molecule has 1 aromatic rings. The lowest BCUT2D eigenvalue weighted by Crippen LogP contribution is -1.86. The molecule has 0 amide bonds. The van der Waals surface area contributed by atoms with Gasteiger partial charge in [0.25, 0.3) is 0 Å². The quantitative estimate of drug-likeness (QED) is 0.344. The minimum atomic E-state index is -0.514. The Morgan fingerprint density at radius 1 is 1.89 bits per heavy atom. The second kappa shape index (κ2) is 1.85. The van der Waals surface area contributed by atoms with Crippen LogP contribution in [-0.2, 0) is 0 Å². The summed E-state index contributed by atoms with van der Waals surface area (Å²) in [4.78, 5) is 15.5. The van der Waals surface area contributed by atoms with Crippen molar-refractivity contribution < 1.29 is 4.92 Å². The molecule has 0 aliphatic carbocycles. The van der Waals surface area contributed by atoms with E-state index < -0.39 is 4.92 Å². The molecule has 0 saturated heterocycles. The highest BCUT2D eigenvalue weighted by molar-refractivity contribution is 5.13. The van der Waals surface area contributed by atoms with Crippen LogP contribution in [-0.4, -0.2) is 14.9 Å². The van der Waals surface area contributed by atoms with E-state index in [0.29, 0.717) is 5.82 Å². The van der Waals surface area contributed by atoms with E-state index in [9.17, 15) is 10.1 Å². The summed E-state index contributed by atoms with van der Waals surface area (Å²) in [6, 6.07) is 0. The third-order valence-electron chi connectivity index (χ3n) is 0.886. The Kier molecular flexibility index (Phi) is 1.18. The molecule has 0 aliphatic rings. The summed E-state index contributed by atoms with van der Waals surface area (Å²) < 4.78 is 0. The normalized spacial score (nSPS) is 9.44. The topological polar surface area (TPSA) is 71.8 Å². The van der Waals surface area contributed by atoms with E-state index in [1.807, 2.05) is 0 Å². The Morgan fingerprint density at radius 3 is 2.78 bits per heavy atom. The van der Waals surface area contributed by atoms with Gasteiger partial charge < -0.3 is 10.1 Å². The van der Waals surface area contributed by atoms with Gasteiger partial charge in [0.15, 0.2) is 5.82 Å². The number of aromatic amines is 1. The summed E-state index contributed by atoms with van der Waals surface area (Å²) in [6.07, 6.45) is 1.19. The monoisotopic (exact) mass is 130 g/mol. The first-order chi connectivity index (χ1) is 4.20. The van der Waals surface area contributed by atoms with Gasteiger partial charge in [-0.2, -0.15) is 0 Å². The number of rotatable bonds is 1. The van der Waals surface area contributed by atoms with Crippen LogP contribution in [0.25, 0.3) is 0 Å². The molecule has 48 valence electrons. The summed E-state index contributed by atoms with van der Waals surface area (Å²) in [5.74, 6) is 0.495. The number of imidazole rings is 1. The fourth-order valence-electron chi connectivity index (χ4n) is 0.501. The number of nitro groups is 1. The van der Waals surface area contributed by atoms with Crippen molar-refractivity contribution in [1.82, 2.24) is 9.97 Å². The molecule has 0 bridgehead atoms. The van der Waals surface area contributed by atoms with E-state index in [-0.39, 0.29) is 5.82 Å². The van der Waals surface area contributed by atoms with Crippen molar-refractivity contribution in [3.63, 3.8) is 0 Å². The number of aromatic nitrogens is 2. The number of nitrogens with one attached hydrogen (secondary N) is 1. The van der Waals surface area contributed by atoms with Crippen LogP contribution in [0.1, 0.15) is 5.82 Å². The molecule has 1 heterocycles. The molecule has 0 aliphatic heterocycles. The highest BCUT2D eigenvalue weighted by Crippen LogP contribution is 2.03. The fraction of sp³-hybridized carbons (Fsp3) is 0.250. The van der Waals surface area contributed by atoms with Crippen molar-refractivity contribution in [2.24, 2.45) is 0 Å². The molecule has 0 saturated carbocycles. The third kappa shape index (κ3) is 1.04. The molecular weight excluding hydrogens is 125 g/mol. The average Bonchev–Trinajstić information content (AvgIpc) is 2.14. The van der Waals surface area contributed by atoms with Crippen molar-refractivity contribution in [1.29, 1.82) is 0 Å². The van der Waals surface area contributed by atoms with Crippen LogP contribution in [0.5, 0.6) is 0 Å². The van der Waals surface area contributed by atoms with E-state index in [1.165, 1.54) is 6.20 Å². The SMILES string of the molecule is Cc1[15n]cc([15N+](=O)[O-])[15nH]1. The highest BCUT2D eigenvalue weighted by atomic mass is 16.9. The molecule has 5 heteroatoms. The summed E-state index contributed by atoms with van der Waals surface area (Å²) in [6.45, 7) is 1.66. The molecule has 0 unspecified atom stereocenters. The van der Waals surface area contributed by atoms with Gasteiger partial charge in [0.2, 0.25) is 0 Å². The fourth-order valence-corrected chi connectivity index (χ4v) is 0.501. The predicted molar refractivity (Wildman–Crippen MR) is 30.0 cm³/mol. The summed E-state index contributed by atoms with van der Waals surface area (Å²) in [7, 11) is 0. The van der Waals surface area contributed by atoms with Crippen LogP contribution in [0.4, 0.5) is 5.82 Å². The molecule has 0 fully saturated rings. The Hall–Kier alpha value is -1.39. The van der Waals surface area contributed by atoms with Gasteiger partial charge in [0, 0.05) is 6.92 Å². The first-order valence-corrected chi connectivity index (χ1v) is 2.36. The maximum absolute atomic E-state index is 9.95. The standard InChI is InChI=1S/C4H5N3O2/c1-3-5-2-4(6-3)7(8)9/h2H,1H3,(H,5,6)/i5+1,6+1,7+1. The number of H-pyrrole nitrogens is 1. The van der Waals surface area contributed by atoms with E-state index in [2.05, 4.69) is 9.97 Å². The lowest BCUT2D eigenvalue weighted by atomic mass is 10.8. The van der Waals surface area contributed by atoms with Gasteiger partial charge >= 0.3 is 5.82 Å². The zero-order valence-corrected chi connectivity index (χ0v) is 4.79. The average molecular weight is 130 g/mol. The lowest BCUT2D eigenvalue weighted by molar-refractivity contribution is -0.389. The minimum Gasteiger partial charge on any atom is -0.358 e. The van der Waals surface area contributed by atoms with Crippen LogP contribution < -0.4 is 0 Å². The van der Waals surface area contributed by atoms with Crippen molar-refractivity contribution >= 4 is 5.82 Å². The maximum atomic E-state index is 9.95. The van der Waals surface area contributed by atoms with E-state index >= 15 is 0 Å². The maximum Gasteiger partial charge on any atom is 0.340 e. The zero-order valence-electron chi connectivity index (χ0n) is 4.79. The Labute approximate surface area is 50.9 Å². The second-order valence-corrected chi connectivity index (χ2v) is 1.61. The van der Waals surface area contributed by atoms with E-state index in [0.717, 1.165) is 0 Å². The Bertz CT molecular complexity index is 229. The molecule has 0 aromatic carbocycles. The molecular formula is C4H5N3O2. The van der Waals surface area contributed by atoms with Crippen LogP contribution in [0.15, 0.2) is 6.20 Å². The van der Waals surface area contributed by atoms with Gasteiger partial charge in [-0.1, -0.05) is 0 Å². The molecule has 0 radical (unpaired) electrons. The van der Waals surface area contributed by atoms with Gasteiger partial charge in [-0.3, -0.25) is 0 Å². The van der Waals surface area contributed by atoms with Crippen LogP contribution in [0, 0.1) is 17.0 Å². The summed E-state index contributed by atoms with van der Waals surface area (Å²) >= 11 is 0. The molecule has 1 aromatic heterocycles. The molecule has 5 nitrogen and oxygen atoms in total. The third-order valence-corrected chi connectivity index (χ3v) is 0.886. The summed E-state index contributed by atoms with van der Waals surface area (Å²) in [5, 5.41) is 9.95. The largest absolute Gasteiger partial charge is 0.358 e. The van der Waals surface area contributed by atoms with Gasteiger partial charge in [-0.05, 0) is 4.92 Å². The van der Waals surface area contributed by atoms with Crippen molar-refractivity contribution in [3.8, 4) is 0 Å². The van der Waals surface area contributed by atoms with Gasteiger partial charge in [-0.25, -0.2) is 9.97 Å². The minimum absolute atomic E-state index is 0.0625. The molecule has 9 heavy (non-hydrogen) atoms. The second-order valence-electron chi connectivity index (χ2n) is 1.61. The molecule has 0 atom stereocenters. The first-order valence-electron chi connectivity index (χ1n) is 2.36. The first kappa shape index (κ1) is 5.74. The van der Waals surface area contributed by atoms with Crippen molar-refractivity contribution in [3.05, 3.63) is 22.1 Å². The Balaban J connectivity index is 2.98. The lowest BCUT2D eigenvalue weighted by Gasteiger charge is -1.83. The van der Waals surface area contributed by atoms with Crippen molar-refractivity contribution in [2.75, 3.05) is 0 Å². The van der Waals surface area contributed by atoms with E-state index in [1.54, 1.807) is 6.92 Å². The number of nitrogens with zero attached hydrogens (tertiary/aromatic N) is 2. The predicted octanol–water partition coefficient (Wildman–Crippen LogP) is 0.626. The van der Waals surface area contributed by atoms with Gasteiger partial charge in [0.1, 0.15) is 6.20 Å². The smallest absolute Gasteiger partial charge is 0.340 e. The van der Waals surface area contributed by atoms with Crippen LogP contribution >= 0.6 is 0 Å². The molecule has 1 N–H and O–H groups in total. The molecule has 1 rings (SSSR count). The highest BCUT2D eigenvalue weighted by Gasteiger charge is 2.04. The number of aryl methyl sites for hydroxylation is 1. The van der Waals surface area contributed by atoms with Crippen LogP contribution in [0.3, 0.4) is 0 Å². The van der Waals surface area contributed by atoms with E-state index in [4.69, 9.17) is 0 Å². The Morgan fingerprint density at radius 2 is 2.56 bits per heavy atom. The molecule has 0 spiro atoms. The van der Waals surface area contributed by atoms with Crippen LogP contribution in [0.2, 0.25) is 0 Å². The zero-order chi connectivity index (χ0) is 6.85. The number of hydrogen-bond donors (Lipinski definition) is 1. The number of hydrogen-bond acceptors (Lipinski definition) is 3. The summed E-state index contributed by atoms with van der Waals surface area (Å²) in [5.41, 5.74) is 0. The van der Waals surface area contributed by atoms with Gasteiger partial charge in [0.05, 0.1) is 0 Å².